The fourth-order valence-electron chi connectivity index (χ4n) is 4.09. The second-order valence-electron chi connectivity index (χ2n) is 8.03. The number of rotatable bonds is 6. The van der Waals surface area contributed by atoms with Crippen molar-refractivity contribution in [2.24, 2.45) is 5.92 Å². The number of hydrogen-bond acceptors (Lipinski definition) is 8. The lowest BCUT2D eigenvalue weighted by molar-refractivity contribution is -0.151. The van der Waals surface area contributed by atoms with E-state index in [1.165, 1.54) is 11.8 Å². The summed E-state index contributed by atoms with van der Waals surface area (Å²) >= 11 is 7.48. The van der Waals surface area contributed by atoms with Gasteiger partial charge in [0.2, 0.25) is 11.8 Å². The van der Waals surface area contributed by atoms with Crippen LogP contribution in [0.1, 0.15) is 33.6 Å². The van der Waals surface area contributed by atoms with Crippen LogP contribution in [0.5, 0.6) is 0 Å². The standard InChI is InChI=1S/C21H30ClN5O4S/c1-4-31-20(30)16-5-7-25(8-6-16)19(29)13-32-21-23-17(22)11-18(24-21)26-9-10-27(15(3)28)14(2)12-26/h11,14,16H,4-10,12-13H2,1-3H3. The molecule has 11 heteroatoms. The molecule has 3 heterocycles. The van der Waals surface area contributed by atoms with Gasteiger partial charge in [-0.3, -0.25) is 14.4 Å². The van der Waals surface area contributed by atoms with Crippen LogP contribution < -0.4 is 4.90 Å². The van der Waals surface area contributed by atoms with Gasteiger partial charge in [0, 0.05) is 51.8 Å². The van der Waals surface area contributed by atoms with Gasteiger partial charge < -0.3 is 19.4 Å². The third-order valence-corrected chi connectivity index (χ3v) is 6.83. The number of thioether (sulfide) groups is 1. The lowest BCUT2D eigenvalue weighted by Crippen LogP contribution is -2.53. The summed E-state index contributed by atoms with van der Waals surface area (Å²) in [5.74, 6) is 0.664. The average Bonchev–Trinajstić information content (AvgIpc) is 2.77. The van der Waals surface area contributed by atoms with Gasteiger partial charge in [-0.25, -0.2) is 9.97 Å². The SMILES string of the molecule is CCOC(=O)C1CCN(C(=O)CSc2nc(Cl)cc(N3CCN(C(C)=O)C(C)C3)n2)CC1. The van der Waals surface area contributed by atoms with Crippen LogP contribution in [0.25, 0.3) is 0 Å². The number of amides is 2. The summed E-state index contributed by atoms with van der Waals surface area (Å²) in [4.78, 5) is 50.8. The molecule has 0 saturated carbocycles. The fourth-order valence-corrected chi connectivity index (χ4v) is 5.07. The molecule has 0 spiro atoms. The Balaban J connectivity index is 1.54. The van der Waals surface area contributed by atoms with Crippen LogP contribution in [0, 0.1) is 5.92 Å². The number of esters is 1. The van der Waals surface area contributed by atoms with E-state index in [0.29, 0.717) is 68.3 Å². The number of halogens is 1. The zero-order valence-corrected chi connectivity index (χ0v) is 20.3. The molecule has 9 nitrogen and oxygen atoms in total. The molecule has 32 heavy (non-hydrogen) atoms. The topological polar surface area (TPSA) is 95.9 Å². The number of carbonyl (C=O) groups is 3. The first-order chi connectivity index (χ1) is 15.3. The summed E-state index contributed by atoms with van der Waals surface area (Å²) in [6.45, 7) is 8.80. The van der Waals surface area contributed by atoms with Crippen LogP contribution in [0.2, 0.25) is 5.15 Å². The number of likely N-dealkylation sites (tertiary alicyclic amines) is 1. The largest absolute Gasteiger partial charge is 0.466 e. The smallest absolute Gasteiger partial charge is 0.309 e. The number of hydrogen-bond donors (Lipinski definition) is 0. The minimum Gasteiger partial charge on any atom is -0.466 e. The van der Waals surface area contributed by atoms with Gasteiger partial charge in [0.05, 0.1) is 18.3 Å². The molecule has 1 atom stereocenters. The Hall–Kier alpha value is -2.07. The van der Waals surface area contributed by atoms with Crippen molar-refractivity contribution in [2.75, 3.05) is 50.0 Å². The van der Waals surface area contributed by atoms with E-state index in [-0.39, 0.29) is 35.5 Å². The highest BCUT2D eigenvalue weighted by Crippen LogP contribution is 2.25. The van der Waals surface area contributed by atoms with Crippen molar-refractivity contribution in [3.63, 3.8) is 0 Å². The van der Waals surface area contributed by atoms with Crippen molar-refractivity contribution in [3.8, 4) is 0 Å². The molecule has 2 aliphatic rings. The normalized spacial score (nSPS) is 19.8. The number of nitrogens with zero attached hydrogens (tertiary/aromatic N) is 5. The third-order valence-electron chi connectivity index (χ3n) is 5.81. The molecule has 3 rings (SSSR count). The minimum absolute atomic E-state index is 0.00821. The van der Waals surface area contributed by atoms with Gasteiger partial charge >= 0.3 is 5.97 Å². The first-order valence-electron chi connectivity index (χ1n) is 10.9. The Bertz CT molecular complexity index is 849. The zero-order chi connectivity index (χ0) is 23.3. The van der Waals surface area contributed by atoms with Crippen LogP contribution >= 0.6 is 23.4 Å². The molecule has 2 amide bonds. The minimum atomic E-state index is -0.174. The van der Waals surface area contributed by atoms with E-state index >= 15 is 0 Å². The highest BCUT2D eigenvalue weighted by molar-refractivity contribution is 7.99. The molecule has 0 aromatic carbocycles. The van der Waals surface area contributed by atoms with Gasteiger partial charge in [-0.15, -0.1) is 0 Å². The van der Waals surface area contributed by atoms with Crippen molar-refractivity contribution in [3.05, 3.63) is 11.2 Å². The number of piperidine rings is 1. The second kappa shape index (κ2) is 11.2. The van der Waals surface area contributed by atoms with Crippen molar-refractivity contribution in [1.82, 2.24) is 19.8 Å². The Labute approximate surface area is 197 Å². The number of anilines is 1. The maximum absolute atomic E-state index is 12.6. The average molecular weight is 484 g/mol. The molecule has 2 saturated heterocycles. The summed E-state index contributed by atoms with van der Waals surface area (Å²) in [6.07, 6.45) is 1.24. The lowest BCUT2D eigenvalue weighted by Gasteiger charge is -2.40. The molecule has 0 bridgehead atoms. The number of carbonyl (C=O) groups excluding carboxylic acids is 3. The summed E-state index contributed by atoms with van der Waals surface area (Å²) in [6, 6.07) is 1.79. The van der Waals surface area contributed by atoms with Crippen molar-refractivity contribution in [1.29, 1.82) is 0 Å². The summed E-state index contributed by atoms with van der Waals surface area (Å²) < 4.78 is 5.08. The van der Waals surface area contributed by atoms with Gasteiger partial charge in [-0.1, -0.05) is 23.4 Å². The highest BCUT2D eigenvalue weighted by Gasteiger charge is 2.29. The van der Waals surface area contributed by atoms with Crippen LogP contribution in [-0.4, -0.2) is 88.7 Å². The quantitative estimate of drug-likeness (QED) is 0.262. The molecule has 0 radical (unpaired) electrons. The van der Waals surface area contributed by atoms with Crippen LogP contribution in [0.4, 0.5) is 5.82 Å². The fraction of sp³-hybridized carbons (Fsp3) is 0.667. The van der Waals surface area contributed by atoms with Gasteiger partial charge in [0.15, 0.2) is 5.16 Å². The predicted octanol–water partition coefficient (Wildman–Crippen LogP) is 2.08. The first-order valence-corrected chi connectivity index (χ1v) is 12.3. The maximum Gasteiger partial charge on any atom is 0.309 e. The Morgan fingerprint density at radius 3 is 2.53 bits per heavy atom. The van der Waals surface area contributed by atoms with E-state index in [4.69, 9.17) is 16.3 Å². The van der Waals surface area contributed by atoms with Gasteiger partial charge in [-0.2, -0.15) is 0 Å². The molecule has 0 aliphatic carbocycles. The van der Waals surface area contributed by atoms with E-state index in [1.54, 1.807) is 24.8 Å². The molecular weight excluding hydrogens is 454 g/mol. The zero-order valence-electron chi connectivity index (χ0n) is 18.8. The molecule has 2 aliphatic heterocycles. The number of piperazine rings is 1. The van der Waals surface area contributed by atoms with Crippen molar-refractivity contribution in [2.45, 2.75) is 44.8 Å². The summed E-state index contributed by atoms with van der Waals surface area (Å²) in [5, 5.41) is 0.769. The highest BCUT2D eigenvalue weighted by atomic mass is 35.5. The van der Waals surface area contributed by atoms with E-state index in [0.717, 1.165) is 0 Å². The van der Waals surface area contributed by atoms with Crippen LogP contribution in [-0.2, 0) is 19.1 Å². The van der Waals surface area contributed by atoms with Crippen LogP contribution in [0.3, 0.4) is 0 Å². The number of ether oxygens (including phenoxy) is 1. The number of aromatic nitrogens is 2. The monoisotopic (exact) mass is 483 g/mol. The molecule has 1 unspecified atom stereocenters. The molecule has 1 aromatic heterocycles. The van der Waals surface area contributed by atoms with Gasteiger partial charge in [0.25, 0.3) is 0 Å². The summed E-state index contributed by atoms with van der Waals surface area (Å²) in [5.41, 5.74) is 0. The summed E-state index contributed by atoms with van der Waals surface area (Å²) in [7, 11) is 0. The Morgan fingerprint density at radius 2 is 1.91 bits per heavy atom. The predicted molar refractivity (Wildman–Crippen MR) is 123 cm³/mol. The Kier molecular flexibility index (Phi) is 8.58. The van der Waals surface area contributed by atoms with E-state index in [1.807, 2.05) is 11.8 Å². The van der Waals surface area contributed by atoms with Crippen LogP contribution in [0.15, 0.2) is 11.2 Å². The van der Waals surface area contributed by atoms with E-state index < -0.39 is 0 Å². The van der Waals surface area contributed by atoms with Gasteiger partial charge in [0.1, 0.15) is 11.0 Å². The van der Waals surface area contributed by atoms with E-state index in [2.05, 4.69) is 14.9 Å². The molecule has 1 aromatic rings. The van der Waals surface area contributed by atoms with Crippen molar-refractivity contribution < 1.29 is 19.1 Å². The van der Waals surface area contributed by atoms with Crippen molar-refractivity contribution >= 4 is 47.0 Å². The lowest BCUT2D eigenvalue weighted by atomic mass is 9.97. The van der Waals surface area contributed by atoms with E-state index in [9.17, 15) is 14.4 Å². The molecular formula is C21H30ClN5O4S. The maximum atomic E-state index is 12.6. The Morgan fingerprint density at radius 1 is 1.19 bits per heavy atom. The molecule has 2 fully saturated rings. The molecule has 0 N–H and O–H groups in total. The van der Waals surface area contributed by atoms with Gasteiger partial charge in [-0.05, 0) is 26.7 Å². The third kappa shape index (κ3) is 6.25. The molecule has 176 valence electrons. The second-order valence-corrected chi connectivity index (χ2v) is 9.36. The first kappa shape index (κ1) is 24.6.